The summed E-state index contributed by atoms with van der Waals surface area (Å²) in [6.07, 6.45) is 1.72. The van der Waals surface area contributed by atoms with Gasteiger partial charge >= 0.3 is 5.97 Å². The Hall–Kier alpha value is -1.99. The lowest BCUT2D eigenvalue weighted by Crippen LogP contribution is -2.43. The summed E-state index contributed by atoms with van der Waals surface area (Å²) in [7, 11) is 0. The molecule has 0 bridgehead atoms. The summed E-state index contributed by atoms with van der Waals surface area (Å²) in [5, 5.41) is 20.4. The van der Waals surface area contributed by atoms with Crippen LogP contribution < -0.4 is 5.32 Å². The predicted octanol–water partition coefficient (Wildman–Crippen LogP) is -0.167. The Kier molecular flexibility index (Phi) is 3.14. The van der Waals surface area contributed by atoms with Gasteiger partial charge in [-0.05, 0) is 12.1 Å². The van der Waals surface area contributed by atoms with Crippen molar-refractivity contribution in [3.63, 3.8) is 0 Å². The zero-order valence-corrected chi connectivity index (χ0v) is 10.4. The number of carboxylic acid groups (broad SMARTS) is 1. The van der Waals surface area contributed by atoms with E-state index in [1.807, 2.05) is 4.40 Å². The standard InChI is InChI=1S/C12H15N5O2/c18-12(19)9-1-4-17-10(7-9)14-15-11(17)8-16-5-2-13-3-6-16/h1,4,7,13H,2-3,5-6,8H2,(H,18,19). The molecular weight excluding hydrogens is 246 g/mol. The molecule has 2 aromatic rings. The van der Waals surface area contributed by atoms with Gasteiger partial charge in [-0.2, -0.15) is 0 Å². The van der Waals surface area contributed by atoms with Gasteiger partial charge in [-0.15, -0.1) is 10.2 Å². The number of hydrogen-bond acceptors (Lipinski definition) is 5. The molecule has 7 nitrogen and oxygen atoms in total. The van der Waals surface area contributed by atoms with Crippen molar-refractivity contribution in [2.24, 2.45) is 0 Å². The molecule has 0 amide bonds. The van der Waals surface area contributed by atoms with Crippen LogP contribution in [0.3, 0.4) is 0 Å². The van der Waals surface area contributed by atoms with Crippen LogP contribution in [0.4, 0.5) is 0 Å². The van der Waals surface area contributed by atoms with Crippen molar-refractivity contribution in [3.05, 3.63) is 29.7 Å². The minimum absolute atomic E-state index is 0.230. The molecule has 0 atom stereocenters. The maximum atomic E-state index is 10.9. The van der Waals surface area contributed by atoms with E-state index >= 15 is 0 Å². The average molecular weight is 261 g/mol. The summed E-state index contributed by atoms with van der Waals surface area (Å²) in [4.78, 5) is 13.2. The van der Waals surface area contributed by atoms with Crippen LogP contribution in [0.15, 0.2) is 18.3 Å². The highest BCUT2D eigenvalue weighted by Gasteiger charge is 2.14. The van der Waals surface area contributed by atoms with Crippen LogP contribution in [0.5, 0.6) is 0 Å². The van der Waals surface area contributed by atoms with Gasteiger partial charge in [0, 0.05) is 32.4 Å². The first kappa shape index (κ1) is 12.1. The van der Waals surface area contributed by atoms with E-state index < -0.39 is 5.97 Å². The van der Waals surface area contributed by atoms with Gasteiger partial charge in [-0.3, -0.25) is 9.30 Å². The first-order valence-electron chi connectivity index (χ1n) is 6.24. The normalized spacial score (nSPS) is 16.8. The summed E-state index contributed by atoms with van der Waals surface area (Å²) in [5.74, 6) is -0.108. The number of aromatic carboxylic acids is 1. The number of nitrogens with one attached hydrogen (secondary N) is 1. The van der Waals surface area contributed by atoms with Gasteiger partial charge in [0.1, 0.15) is 0 Å². The van der Waals surface area contributed by atoms with E-state index in [-0.39, 0.29) is 5.56 Å². The van der Waals surface area contributed by atoms with Crippen LogP contribution in [0.1, 0.15) is 16.2 Å². The molecule has 1 fully saturated rings. The van der Waals surface area contributed by atoms with Crippen molar-refractivity contribution in [2.45, 2.75) is 6.54 Å². The molecule has 2 N–H and O–H groups in total. The van der Waals surface area contributed by atoms with E-state index in [1.54, 1.807) is 12.3 Å². The van der Waals surface area contributed by atoms with E-state index in [1.165, 1.54) is 6.07 Å². The number of rotatable bonds is 3. The largest absolute Gasteiger partial charge is 0.478 e. The van der Waals surface area contributed by atoms with E-state index in [0.29, 0.717) is 5.65 Å². The molecule has 19 heavy (non-hydrogen) atoms. The fourth-order valence-corrected chi connectivity index (χ4v) is 2.25. The molecule has 0 radical (unpaired) electrons. The zero-order chi connectivity index (χ0) is 13.2. The SMILES string of the molecule is O=C(O)c1ccn2c(CN3CCNCC3)nnc2c1. The second kappa shape index (κ2) is 4.94. The summed E-state index contributed by atoms with van der Waals surface area (Å²) >= 11 is 0. The Labute approximate surface area is 109 Å². The Balaban J connectivity index is 1.86. The number of aromatic nitrogens is 3. The van der Waals surface area contributed by atoms with Gasteiger partial charge in [0.25, 0.3) is 0 Å². The van der Waals surface area contributed by atoms with Gasteiger partial charge in [-0.1, -0.05) is 0 Å². The smallest absolute Gasteiger partial charge is 0.335 e. The van der Waals surface area contributed by atoms with Crippen LogP contribution in [0.25, 0.3) is 5.65 Å². The second-order valence-corrected chi connectivity index (χ2v) is 4.59. The number of pyridine rings is 1. The lowest BCUT2D eigenvalue weighted by Gasteiger charge is -2.26. The van der Waals surface area contributed by atoms with Crippen LogP contribution >= 0.6 is 0 Å². The van der Waals surface area contributed by atoms with Crippen molar-refractivity contribution >= 4 is 11.6 Å². The molecule has 0 unspecified atom stereocenters. The Morgan fingerprint density at radius 2 is 2.16 bits per heavy atom. The third-order valence-corrected chi connectivity index (χ3v) is 3.30. The summed E-state index contributed by atoms with van der Waals surface area (Å²) in [6, 6.07) is 3.11. The third-order valence-electron chi connectivity index (χ3n) is 3.30. The first-order chi connectivity index (χ1) is 9.24. The van der Waals surface area contributed by atoms with Crippen LogP contribution in [-0.2, 0) is 6.54 Å². The molecule has 0 aliphatic carbocycles. The number of nitrogens with zero attached hydrogens (tertiary/aromatic N) is 4. The topological polar surface area (TPSA) is 82.8 Å². The highest BCUT2D eigenvalue weighted by atomic mass is 16.4. The Morgan fingerprint density at radius 1 is 1.37 bits per heavy atom. The molecule has 1 saturated heterocycles. The van der Waals surface area contributed by atoms with Gasteiger partial charge in [0.15, 0.2) is 11.5 Å². The number of hydrogen-bond donors (Lipinski definition) is 2. The summed E-state index contributed by atoms with van der Waals surface area (Å²) in [5.41, 5.74) is 0.804. The molecule has 3 rings (SSSR count). The minimum atomic E-state index is -0.950. The third kappa shape index (κ3) is 2.42. The molecule has 0 saturated carbocycles. The second-order valence-electron chi connectivity index (χ2n) is 4.59. The Morgan fingerprint density at radius 3 is 2.89 bits per heavy atom. The lowest BCUT2D eigenvalue weighted by atomic mass is 10.2. The van der Waals surface area contributed by atoms with Crippen LogP contribution in [-0.4, -0.2) is 56.8 Å². The zero-order valence-electron chi connectivity index (χ0n) is 10.4. The maximum Gasteiger partial charge on any atom is 0.335 e. The summed E-state index contributed by atoms with van der Waals surface area (Å²) in [6.45, 7) is 4.68. The molecule has 100 valence electrons. The number of carboxylic acids is 1. The molecule has 3 heterocycles. The van der Waals surface area contributed by atoms with Gasteiger partial charge < -0.3 is 10.4 Å². The first-order valence-corrected chi connectivity index (χ1v) is 6.24. The lowest BCUT2D eigenvalue weighted by molar-refractivity contribution is 0.0697. The monoisotopic (exact) mass is 261 g/mol. The summed E-state index contributed by atoms with van der Waals surface area (Å²) < 4.78 is 1.84. The number of carbonyl (C=O) groups is 1. The van der Waals surface area contributed by atoms with E-state index in [2.05, 4.69) is 20.4 Å². The van der Waals surface area contributed by atoms with E-state index in [9.17, 15) is 4.79 Å². The van der Waals surface area contributed by atoms with Crippen molar-refractivity contribution in [3.8, 4) is 0 Å². The molecule has 7 heteroatoms. The van der Waals surface area contributed by atoms with Crippen LogP contribution in [0.2, 0.25) is 0 Å². The van der Waals surface area contributed by atoms with Crippen molar-refractivity contribution in [2.75, 3.05) is 26.2 Å². The van der Waals surface area contributed by atoms with Crippen molar-refractivity contribution in [1.82, 2.24) is 24.8 Å². The fraction of sp³-hybridized carbons (Fsp3) is 0.417. The average Bonchev–Trinajstić information content (AvgIpc) is 2.82. The molecular formula is C12H15N5O2. The van der Waals surface area contributed by atoms with Crippen LogP contribution in [0, 0.1) is 0 Å². The Bertz CT molecular complexity index is 603. The van der Waals surface area contributed by atoms with Gasteiger partial charge in [0.05, 0.1) is 12.1 Å². The van der Waals surface area contributed by atoms with E-state index in [4.69, 9.17) is 5.11 Å². The van der Waals surface area contributed by atoms with Gasteiger partial charge in [-0.25, -0.2) is 4.79 Å². The fourth-order valence-electron chi connectivity index (χ4n) is 2.25. The quantitative estimate of drug-likeness (QED) is 0.798. The molecule has 1 aliphatic rings. The molecule has 1 aliphatic heterocycles. The number of piperazine rings is 1. The highest BCUT2D eigenvalue weighted by Crippen LogP contribution is 2.09. The highest BCUT2D eigenvalue weighted by molar-refractivity contribution is 5.88. The van der Waals surface area contributed by atoms with E-state index in [0.717, 1.165) is 38.5 Å². The molecule has 0 spiro atoms. The van der Waals surface area contributed by atoms with Crippen molar-refractivity contribution < 1.29 is 9.90 Å². The molecule has 0 aromatic carbocycles. The minimum Gasteiger partial charge on any atom is -0.478 e. The van der Waals surface area contributed by atoms with Gasteiger partial charge in [0.2, 0.25) is 0 Å². The maximum absolute atomic E-state index is 10.9. The van der Waals surface area contributed by atoms with Crippen molar-refractivity contribution in [1.29, 1.82) is 0 Å². The number of fused-ring (bicyclic) bond motifs is 1. The molecule has 2 aromatic heterocycles. The predicted molar refractivity (Wildman–Crippen MR) is 68.1 cm³/mol.